The summed E-state index contributed by atoms with van der Waals surface area (Å²) in [6.07, 6.45) is 7.34. The van der Waals surface area contributed by atoms with Gasteiger partial charge in [0, 0.05) is 19.1 Å². The summed E-state index contributed by atoms with van der Waals surface area (Å²) in [6.45, 7) is 3.38. The number of para-hydroxylation sites is 1. The Bertz CT molecular complexity index is 893. The molecule has 2 heterocycles. The molecule has 1 aliphatic heterocycles. The predicted octanol–water partition coefficient (Wildman–Crippen LogP) is 3.69. The van der Waals surface area contributed by atoms with Gasteiger partial charge in [-0.15, -0.1) is 0 Å². The van der Waals surface area contributed by atoms with Crippen LogP contribution in [0.1, 0.15) is 45.4 Å². The molecule has 6 heteroatoms. The lowest BCUT2D eigenvalue weighted by Crippen LogP contribution is -2.50. The number of fused-ring (bicyclic) bond motifs is 2. The van der Waals surface area contributed by atoms with Gasteiger partial charge in [0.1, 0.15) is 0 Å². The van der Waals surface area contributed by atoms with Gasteiger partial charge >= 0.3 is 0 Å². The van der Waals surface area contributed by atoms with Crippen LogP contribution in [-0.2, 0) is 11.3 Å². The third-order valence-electron chi connectivity index (χ3n) is 6.03. The van der Waals surface area contributed by atoms with Crippen molar-refractivity contribution in [3.8, 4) is 0 Å². The van der Waals surface area contributed by atoms with Gasteiger partial charge in [0.25, 0.3) is 5.56 Å². The molecule has 2 atom stereocenters. The van der Waals surface area contributed by atoms with E-state index in [1.54, 1.807) is 4.57 Å². The number of nitrogens with zero attached hydrogens (tertiary/aromatic N) is 3. The molecule has 0 spiro atoms. The summed E-state index contributed by atoms with van der Waals surface area (Å²) >= 11 is 1.40. The lowest BCUT2D eigenvalue weighted by Gasteiger charge is -2.44. The Labute approximate surface area is 164 Å². The van der Waals surface area contributed by atoms with Crippen LogP contribution in [0, 0.1) is 5.92 Å². The predicted molar refractivity (Wildman–Crippen MR) is 109 cm³/mol. The topological polar surface area (TPSA) is 55.2 Å². The Hall–Kier alpha value is -1.82. The fourth-order valence-electron chi connectivity index (χ4n) is 4.68. The molecule has 1 aromatic carbocycles. The van der Waals surface area contributed by atoms with Crippen molar-refractivity contribution in [2.24, 2.45) is 5.92 Å². The number of carbonyl (C=O) groups excluding carboxylic acids is 1. The molecule has 1 aromatic heterocycles. The van der Waals surface area contributed by atoms with E-state index in [1.807, 2.05) is 31.2 Å². The highest BCUT2D eigenvalue weighted by Crippen LogP contribution is 2.35. The maximum Gasteiger partial charge on any atom is 0.262 e. The van der Waals surface area contributed by atoms with E-state index in [-0.39, 0.29) is 11.5 Å². The summed E-state index contributed by atoms with van der Waals surface area (Å²) in [5.41, 5.74) is 0.677. The molecule has 0 N–H and O–H groups in total. The molecular weight excluding hydrogens is 358 g/mol. The van der Waals surface area contributed by atoms with Gasteiger partial charge in [-0.05, 0) is 50.7 Å². The second-order valence-electron chi connectivity index (χ2n) is 7.59. The average Bonchev–Trinajstić information content (AvgIpc) is 2.71. The van der Waals surface area contributed by atoms with E-state index in [2.05, 4.69) is 9.88 Å². The second kappa shape index (κ2) is 8.05. The summed E-state index contributed by atoms with van der Waals surface area (Å²) in [6, 6.07) is 7.85. The summed E-state index contributed by atoms with van der Waals surface area (Å²) in [5, 5.41) is 1.28. The van der Waals surface area contributed by atoms with Gasteiger partial charge in [0.2, 0.25) is 5.91 Å². The van der Waals surface area contributed by atoms with Crippen LogP contribution in [0.2, 0.25) is 0 Å². The van der Waals surface area contributed by atoms with Gasteiger partial charge in [-0.25, -0.2) is 4.98 Å². The molecule has 1 saturated heterocycles. The van der Waals surface area contributed by atoms with Crippen molar-refractivity contribution in [3.05, 3.63) is 34.6 Å². The third-order valence-corrected chi connectivity index (χ3v) is 6.99. The van der Waals surface area contributed by atoms with E-state index in [1.165, 1.54) is 37.4 Å². The van der Waals surface area contributed by atoms with Gasteiger partial charge < -0.3 is 4.90 Å². The van der Waals surface area contributed by atoms with Crippen LogP contribution in [0.5, 0.6) is 0 Å². The van der Waals surface area contributed by atoms with Gasteiger partial charge in [-0.3, -0.25) is 14.2 Å². The molecule has 1 amide bonds. The number of benzene rings is 1. The minimum Gasteiger partial charge on any atom is -0.339 e. The number of likely N-dealkylation sites (tertiary alicyclic amines) is 1. The SMILES string of the molecule is CCn1c(SCC(=O)N2CCCC3CCCCC32)nc2ccccc2c1=O. The standard InChI is InChI=1S/C21H27N3O2S/c1-2-23-20(26)16-10-4-5-11-17(16)22-21(23)27-14-19(25)24-13-7-9-15-8-3-6-12-18(15)24/h4-5,10-11,15,18H,2-3,6-9,12-14H2,1H3. The molecule has 2 aliphatic rings. The van der Waals surface area contributed by atoms with Crippen molar-refractivity contribution >= 4 is 28.6 Å². The quantitative estimate of drug-likeness (QED) is 0.595. The number of hydrogen-bond acceptors (Lipinski definition) is 4. The van der Waals surface area contributed by atoms with Crippen LogP contribution < -0.4 is 5.56 Å². The van der Waals surface area contributed by atoms with E-state index < -0.39 is 0 Å². The fourth-order valence-corrected chi connectivity index (χ4v) is 5.63. The van der Waals surface area contributed by atoms with Crippen molar-refractivity contribution in [2.75, 3.05) is 12.3 Å². The van der Waals surface area contributed by atoms with Crippen LogP contribution in [-0.4, -0.2) is 38.7 Å². The number of piperidine rings is 1. The maximum atomic E-state index is 13.0. The Kier molecular flexibility index (Phi) is 5.53. The van der Waals surface area contributed by atoms with Crippen molar-refractivity contribution < 1.29 is 4.79 Å². The molecule has 1 aliphatic carbocycles. The highest BCUT2D eigenvalue weighted by atomic mass is 32.2. The first-order valence-corrected chi connectivity index (χ1v) is 11.1. The highest BCUT2D eigenvalue weighted by Gasteiger charge is 2.35. The number of amides is 1. The van der Waals surface area contributed by atoms with E-state index in [4.69, 9.17) is 0 Å². The van der Waals surface area contributed by atoms with Gasteiger partial charge in [0.15, 0.2) is 5.16 Å². The Balaban J connectivity index is 1.52. The fraction of sp³-hybridized carbons (Fsp3) is 0.571. The first-order valence-electron chi connectivity index (χ1n) is 10.1. The van der Waals surface area contributed by atoms with Crippen molar-refractivity contribution in [1.82, 2.24) is 14.5 Å². The summed E-state index contributed by atoms with van der Waals surface area (Å²) in [5.74, 6) is 1.24. The van der Waals surface area contributed by atoms with E-state index in [0.29, 0.717) is 40.3 Å². The number of aromatic nitrogens is 2. The van der Waals surface area contributed by atoms with Crippen LogP contribution in [0.3, 0.4) is 0 Å². The van der Waals surface area contributed by atoms with Crippen LogP contribution in [0.15, 0.2) is 34.2 Å². The van der Waals surface area contributed by atoms with Crippen molar-refractivity contribution in [3.63, 3.8) is 0 Å². The van der Waals surface area contributed by atoms with Gasteiger partial charge in [-0.1, -0.05) is 36.7 Å². The molecule has 1 saturated carbocycles. The zero-order valence-corrected chi connectivity index (χ0v) is 16.7. The van der Waals surface area contributed by atoms with E-state index in [9.17, 15) is 9.59 Å². The molecule has 2 aromatic rings. The smallest absolute Gasteiger partial charge is 0.262 e. The van der Waals surface area contributed by atoms with Gasteiger partial charge in [-0.2, -0.15) is 0 Å². The minimum absolute atomic E-state index is 0.0247. The van der Waals surface area contributed by atoms with Gasteiger partial charge in [0.05, 0.1) is 16.7 Å². The first-order chi connectivity index (χ1) is 13.2. The van der Waals surface area contributed by atoms with Crippen LogP contribution in [0.4, 0.5) is 0 Å². The number of thioether (sulfide) groups is 1. The maximum absolute atomic E-state index is 13.0. The Morgan fingerprint density at radius 2 is 1.96 bits per heavy atom. The normalized spacial score (nSPS) is 22.6. The van der Waals surface area contributed by atoms with Crippen LogP contribution >= 0.6 is 11.8 Å². The number of hydrogen-bond donors (Lipinski definition) is 0. The molecule has 2 unspecified atom stereocenters. The molecule has 4 rings (SSSR count). The van der Waals surface area contributed by atoms with Crippen molar-refractivity contribution in [1.29, 1.82) is 0 Å². The zero-order chi connectivity index (χ0) is 18.8. The van der Waals surface area contributed by atoms with Crippen LogP contribution in [0.25, 0.3) is 10.9 Å². The van der Waals surface area contributed by atoms with E-state index >= 15 is 0 Å². The molecular formula is C21H27N3O2S. The molecule has 0 radical (unpaired) electrons. The lowest BCUT2D eigenvalue weighted by atomic mass is 9.78. The number of carbonyl (C=O) groups is 1. The Morgan fingerprint density at radius 3 is 2.81 bits per heavy atom. The minimum atomic E-state index is -0.0247. The number of rotatable bonds is 4. The molecule has 27 heavy (non-hydrogen) atoms. The molecule has 2 fully saturated rings. The first kappa shape index (κ1) is 18.5. The average molecular weight is 386 g/mol. The molecule has 0 bridgehead atoms. The van der Waals surface area contributed by atoms with Crippen molar-refractivity contribution in [2.45, 2.75) is 63.2 Å². The summed E-state index contributed by atoms with van der Waals surface area (Å²) in [7, 11) is 0. The van der Waals surface area contributed by atoms with E-state index in [0.717, 1.165) is 19.4 Å². The molecule has 5 nitrogen and oxygen atoms in total. The molecule has 144 valence electrons. The lowest BCUT2D eigenvalue weighted by molar-refractivity contribution is -0.134. The monoisotopic (exact) mass is 385 g/mol. The largest absolute Gasteiger partial charge is 0.339 e. The highest BCUT2D eigenvalue weighted by molar-refractivity contribution is 7.99. The summed E-state index contributed by atoms with van der Waals surface area (Å²) in [4.78, 5) is 32.5. The summed E-state index contributed by atoms with van der Waals surface area (Å²) < 4.78 is 1.68. The zero-order valence-electron chi connectivity index (χ0n) is 15.9. The second-order valence-corrected chi connectivity index (χ2v) is 8.53. The third kappa shape index (κ3) is 3.64. The Morgan fingerprint density at radius 1 is 1.19 bits per heavy atom.